The lowest BCUT2D eigenvalue weighted by Crippen LogP contribution is -2.30. The van der Waals surface area contributed by atoms with Crippen LogP contribution in [0.4, 0.5) is 0 Å². The highest BCUT2D eigenvalue weighted by Crippen LogP contribution is 2.26. The fraction of sp³-hybridized carbons (Fsp3) is 0.733. The molecule has 2 rings (SSSR count). The Labute approximate surface area is 121 Å². The Kier molecular flexibility index (Phi) is 4.29. The van der Waals surface area contributed by atoms with Crippen LogP contribution in [0.5, 0.6) is 0 Å². The van der Waals surface area contributed by atoms with Gasteiger partial charge in [-0.05, 0) is 45.4 Å². The molecule has 1 aromatic rings. The molecule has 0 aliphatic heterocycles. The summed E-state index contributed by atoms with van der Waals surface area (Å²) in [6.07, 6.45) is 7.08. The van der Waals surface area contributed by atoms with Crippen molar-refractivity contribution in [1.29, 1.82) is 0 Å². The average Bonchev–Trinajstić information content (AvgIpc) is 2.65. The quantitative estimate of drug-likeness (QED) is 0.842. The standard InChI is InChI=1S/C15H25N3S/c1-11-17-12-7-4-5-8-13(12)18(11)10-6-9-15(2,3)14(16)19/h4-10H2,1-3H3,(H2,16,19). The van der Waals surface area contributed by atoms with Crippen molar-refractivity contribution in [2.45, 2.75) is 65.8 Å². The molecule has 0 fully saturated rings. The van der Waals surface area contributed by atoms with Crippen molar-refractivity contribution in [2.24, 2.45) is 11.1 Å². The maximum Gasteiger partial charge on any atom is 0.106 e. The summed E-state index contributed by atoms with van der Waals surface area (Å²) in [5.74, 6) is 1.17. The third-order valence-corrected chi connectivity index (χ3v) is 4.83. The van der Waals surface area contributed by atoms with Gasteiger partial charge in [0.25, 0.3) is 0 Å². The second kappa shape index (κ2) is 5.61. The van der Waals surface area contributed by atoms with Crippen molar-refractivity contribution in [3.8, 4) is 0 Å². The predicted octanol–water partition coefficient (Wildman–Crippen LogP) is 3.16. The number of rotatable bonds is 5. The van der Waals surface area contributed by atoms with E-state index in [4.69, 9.17) is 22.9 Å². The number of hydrogen-bond donors (Lipinski definition) is 1. The number of aryl methyl sites for hydroxylation is 2. The highest BCUT2D eigenvalue weighted by molar-refractivity contribution is 7.80. The van der Waals surface area contributed by atoms with Crippen LogP contribution in [0.15, 0.2) is 0 Å². The minimum absolute atomic E-state index is 0.0378. The normalized spacial score (nSPS) is 15.3. The van der Waals surface area contributed by atoms with Crippen LogP contribution in [0.25, 0.3) is 0 Å². The fourth-order valence-corrected chi connectivity index (χ4v) is 2.94. The summed E-state index contributed by atoms with van der Waals surface area (Å²) < 4.78 is 2.41. The summed E-state index contributed by atoms with van der Waals surface area (Å²) in [7, 11) is 0. The first-order valence-corrected chi connectivity index (χ1v) is 7.67. The molecule has 1 aliphatic carbocycles. The van der Waals surface area contributed by atoms with Gasteiger partial charge in [-0.1, -0.05) is 26.1 Å². The Balaban J connectivity index is 2.00. The Morgan fingerprint density at radius 3 is 2.74 bits per heavy atom. The molecule has 0 aromatic carbocycles. The van der Waals surface area contributed by atoms with Crippen molar-refractivity contribution in [1.82, 2.24) is 9.55 Å². The molecule has 1 aromatic heterocycles. The van der Waals surface area contributed by atoms with Gasteiger partial charge in [0.05, 0.1) is 10.7 Å². The Bertz CT molecular complexity index is 474. The van der Waals surface area contributed by atoms with E-state index in [0.29, 0.717) is 4.99 Å². The maximum atomic E-state index is 5.78. The minimum Gasteiger partial charge on any atom is -0.393 e. The molecule has 0 unspecified atom stereocenters. The largest absolute Gasteiger partial charge is 0.393 e. The summed E-state index contributed by atoms with van der Waals surface area (Å²) in [4.78, 5) is 5.34. The molecule has 0 bridgehead atoms. The van der Waals surface area contributed by atoms with Gasteiger partial charge in [0.1, 0.15) is 5.82 Å². The maximum absolute atomic E-state index is 5.78. The second-order valence-electron chi connectivity index (χ2n) is 6.26. The molecule has 0 atom stereocenters. The molecule has 0 amide bonds. The average molecular weight is 279 g/mol. The molecular formula is C15H25N3S. The van der Waals surface area contributed by atoms with Gasteiger partial charge in [0, 0.05) is 17.7 Å². The molecule has 1 heterocycles. The molecule has 0 spiro atoms. The van der Waals surface area contributed by atoms with Crippen molar-refractivity contribution in [3.05, 3.63) is 17.2 Å². The predicted molar refractivity (Wildman–Crippen MR) is 83.4 cm³/mol. The van der Waals surface area contributed by atoms with Crippen molar-refractivity contribution >= 4 is 17.2 Å². The summed E-state index contributed by atoms with van der Waals surface area (Å²) in [5, 5.41) is 0. The summed E-state index contributed by atoms with van der Waals surface area (Å²) >= 11 is 5.13. The van der Waals surface area contributed by atoms with E-state index < -0.39 is 0 Å². The van der Waals surface area contributed by atoms with Gasteiger partial charge in [-0.3, -0.25) is 0 Å². The lowest BCUT2D eigenvalue weighted by molar-refractivity contribution is 0.430. The first-order valence-electron chi connectivity index (χ1n) is 7.26. The molecule has 0 radical (unpaired) electrons. The van der Waals surface area contributed by atoms with Gasteiger partial charge in [-0.15, -0.1) is 0 Å². The monoisotopic (exact) mass is 279 g/mol. The topological polar surface area (TPSA) is 43.8 Å². The van der Waals surface area contributed by atoms with Gasteiger partial charge in [-0.25, -0.2) is 4.98 Å². The van der Waals surface area contributed by atoms with E-state index in [-0.39, 0.29) is 5.41 Å². The molecule has 4 heteroatoms. The lowest BCUT2D eigenvalue weighted by Gasteiger charge is -2.23. The Morgan fingerprint density at radius 2 is 2.05 bits per heavy atom. The van der Waals surface area contributed by atoms with Crippen molar-refractivity contribution in [2.75, 3.05) is 0 Å². The van der Waals surface area contributed by atoms with Crippen molar-refractivity contribution in [3.63, 3.8) is 0 Å². The lowest BCUT2D eigenvalue weighted by atomic mass is 9.88. The van der Waals surface area contributed by atoms with Crippen LogP contribution >= 0.6 is 12.2 Å². The zero-order valence-corrected chi connectivity index (χ0v) is 13.1. The van der Waals surface area contributed by atoms with Crippen LogP contribution in [0.2, 0.25) is 0 Å². The molecular weight excluding hydrogens is 254 g/mol. The number of nitrogens with two attached hydrogens (primary N) is 1. The number of thiocarbonyl (C=S) groups is 1. The molecule has 1 aliphatic rings. The number of fused-ring (bicyclic) bond motifs is 1. The van der Waals surface area contributed by atoms with E-state index in [0.717, 1.165) is 25.8 Å². The van der Waals surface area contributed by atoms with E-state index in [1.807, 2.05) is 0 Å². The summed E-state index contributed by atoms with van der Waals surface area (Å²) in [5.41, 5.74) is 8.55. The van der Waals surface area contributed by atoms with Crippen molar-refractivity contribution < 1.29 is 0 Å². The number of hydrogen-bond acceptors (Lipinski definition) is 2. The first-order chi connectivity index (χ1) is 8.92. The Morgan fingerprint density at radius 1 is 1.37 bits per heavy atom. The molecule has 3 nitrogen and oxygen atoms in total. The van der Waals surface area contributed by atoms with Crippen LogP contribution in [0.3, 0.4) is 0 Å². The van der Waals surface area contributed by atoms with E-state index in [1.54, 1.807) is 0 Å². The molecule has 0 saturated carbocycles. The summed E-state index contributed by atoms with van der Waals surface area (Å²) in [6, 6.07) is 0. The SMILES string of the molecule is Cc1nc2c(n1CCCC(C)(C)C(N)=S)CCCC2. The zero-order chi connectivity index (χ0) is 14.0. The van der Waals surface area contributed by atoms with Gasteiger partial charge in [0.15, 0.2) is 0 Å². The smallest absolute Gasteiger partial charge is 0.106 e. The van der Waals surface area contributed by atoms with E-state index >= 15 is 0 Å². The molecule has 0 saturated heterocycles. The van der Waals surface area contributed by atoms with E-state index in [1.165, 1.54) is 36.5 Å². The number of nitrogens with zero attached hydrogens (tertiary/aromatic N) is 2. The zero-order valence-electron chi connectivity index (χ0n) is 12.3. The van der Waals surface area contributed by atoms with Crippen LogP contribution in [-0.4, -0.2) is 14.5 Å². The minimum atomic E-state index is -0.0378. The third-order valence-electron chi connectivity index (χ3n) is 4.27. The van der Waals surface area contributed by atoms with Crippen LogP contribution in [0, 0.1) is 12.3 Å². The van der Waals surface area contributed by atoms with E-state index in [9.17, 15) is 0 Å². The molecule has 2 N–H and O–H groups in total. The van der Waals surface area contributed by atoms with Gasteiger partial charge in [0.2, 0.25) is 0 Å². The number of aromatic nitrogens is 2. The van der Waals surface area contributed by atoms with Crippen LogP contribution < -0.4 is 5.73 Å². The fourth-order valence-electron chi connectivity index (χ4n) is 2.83. The first kappa shape index (κ1) is 14.5. The van der Waals surface area contributed by atoms with Gasteiger partial charge < -0.3 is 10.3 Å². The van der Waals surface area contributed by atoms with Gasteiger partial charge in [-0.2, -0.15) is 0 Å². The third kappa shape index (κ3) is 3.16. The van der Waals surface area contributed by atoms with Crippen LogP contribution in [-0.2, 0) is 19.4 Å². The number of imidazole rings is 1. The highest BCUT2D eigenvalue weighted by atomic mass is 32.1. The van der Waals surface area contributed by atoms with E-state index in [2.05, 4.69) is 25.3 Å². The molecule has 19 heavy (non-hydrogen) atoms. The highest BCUT2D eigenvalue weighted by Gasteiger charge is 2.22. The molecule has 106 valence electrons. The second-order valence-corrected chi connectivity index (χ2v) is 6.70. The summed E-state index contributed by atoms with van der Waals surface area (Å²) in [6.45, 7) is 7.42. The van der Waals surface area contributed by atoms with Gasteiger partial charge >= 0.3 is 0 Å². The Hall–Kier alpha value is -0.900. The van der Waals surface area contributed by atoms with Crippen LogP contribution in [0.1, 0.15) is 56.7 Å².